The van der Waals surface area contributed by atoms with E-state index in [4.69, 9.17) is 0 Å². The van der Waals surface area contributed by atoms with Gasteiger partial charge in [-0.05, 0) is 0 Å². The third kappa shape index (κ3) is 144. The summed E-state index contributed by atoms with van der Waals surface area (Å²) in [5.74, 6) is 0. The summed E-state index contributed by atoms with van der Waals surface area (Å²) in [6, 6.07) is 0. The Morgan fingerprint density at radius 1 is 0.400 bits per heavy atom. The first-order chi connectivity index (χ1) is 0. The van der Waals surface area contributed by atoms with E-state index in [2.05, 4.69) is 0 Å². The van der Waals surface area contributed by atoms with Crippen LogP contribution in [0.2, 0.25) is 0 Å². The van der Waals surface area contributed by atoms with Gasteiger partial charge in [-0.3, -0.25) is 0 Å². The zero-order valence-corrected chi connectivity index (χ0v) is 7.80. The number of halogens is 7. The van der Waals surface area contributed by atoms with Crippen LogP contribution in [0.5, 0.6) is 0 Å². The van der Waals surface area contributed by atoms with Crippen LogP contribution in [-0.4, -0.2) is 0 Å². The fourth-order valence-corrected chi connectivity index (χ4v) is 0. The summed E-state index contributed by atoms with van der Waals surface area (Å²) in [6.45, 7) is 0. The second-order valence-corrected chi connectivity index (χ2v) is 0. The molecule has 0 atom stereocenters. The molecule has 0 radical (unpaired) electrons. The number of rotatable bonds is 0. The normalized spacial score (nSPS) is 0. The molecule has 0 saturated heterocycles. The molecule has 0 saturated carbocycles. The Bertz CT molecular complexity index is 13.6. The van der Waals surface area contributed by atoms with Gasteiger partial charge in [0, 0.05) is 0 Å². The first-order valence-electron chi connectivity index (χ1n) is 0. The number of hydrogen-bond donors (Lipinski definition) is 0. The van der Waals surface area contributed by atoms with Crippen LogP contribution in [0.1, 0.15) is 0 Å². The average molecular weight is 480 g/mol. The molecule has 0 N–H and O–H groups in total. The Morgan fingerprint density at radius 3 is 0.400 bits per heavy atom. The van der Waals surface area contributed by atoms with Crippen LogP contribution in [0.3, 0.4) is 0 Å². The monoisotopic (exact) mass is 480 g/mol. The van der Waals surface area contributed by atoms with Crippen molar-refractivity contribution in [2.75, 3.05) is 0 Å². The van der Waals surface area contributed by atoms with Crippen LogP contribution in [0.25, 0.3) is 0 Å². The number of hydrogen-bond acceptors (Lipinski definition) is 0. The quantitative estimate of drug-likeness (QED) is 0.239. The molecule has 0 rings (SSSR count). The molecule has 0 unspecified atom stereocenters. The smallest absolute Gasteiger partial charge is 1.00 e. The van der Waals surface area contributed by atoms with Gasteiger partial charge in [0.25, 0.3) is 0 Å². The fraction of sp³-hybridized carbons (Fsp3) is 0. The first kappa shape index (κ1) is 251. The van der Waals surface area contributed by atoms with E-state index in [-0.39, 0.29) is 126 Å². The van der Waals surface area contributed by atoms with E-state index in [0.29, 0.717) is 0 Å². The molecule has 0 bridgehead atoms. The van der Waals surface area contributed by atoms with Crippen molar-refractivity contribution in [2.24, 2.45) is 0 Å². The van der Waals surface area contributed by atoms with Crippen molar-refractivity contribution in [3.8, 4) is 0 Å². The summed E-state index contributed by atoms with van der Waals surface area (Å²) < 4.78 is 0. The summed E-state index contributed by atoms with van der Waals surface area (Å²) in [5.41, 5.74) is 0. The van der Waals surface area contributed by atoms with Crippen LogP contribution in [0.4, 0.5) is 0 Å². The van der Waals surface area contributed by atoms with E-state index in [1.165, 1.54) is 0 Å². The maximum Gasteiger partial charge on any atom is 3.00 e. The van der Waals surface area contributed by atoms with E-state index < -0.39 is 0 Å². The maximum atomic E-state index is 0. The summed E-state index contributed by atoms with van der Waals surface area (Å²) in [7, 11) is 0. The van der Waals surface area contributed by atoms with Gasteiger partial charge in [0.05, 0.1) is 0 Å². The van der Waals surface area contributed by atoms with Crippen LogP contribution in [0, 0.1) is 74.6 Å². The zero-order chi connectivity index (χ0) is 0. The van der Waals surface area contributed by atoms with E-state index in [1.807, 2.05) is 0 Å². The van der Waals surface area contributed by atoms with Crippen LogP contribution < -0.4 is 51.8 Å². The first-order valence-corrected chi connectivity index (χ1v) is 0. The summed E-state index contributed by atoms with van der Waals surface area (Å²) >= 11 is 0. The largest absolute Gasteiger partial charge is 3.00 e. The van der Waals surface area contributed by atoms with Crippen molar-refractivity contribution in [2.45, 2.75) is 0 Å². The van der Waals surface area contributed by atoms with Crippen LogP contribution in [0.15, 0.2) is 0 Å². The predicted octanol–water partition coefficient (Wildman–Crippen LogP) is -24.0. The second kappa shape index (κ2) is 193. The minimum absolute atomic E-state index is 0. The minimum atomic E-state index is 0. The molecule has 0 aliphatic rings. The van der Waals surface area contributed by atoms with Gasteiger partial charge in [-0.15, -0.1) is 0 Å². The van der Waals surface area contributed by atoms with Gasteiger partial charge < -0.3 is 32.9 Å². The van der Waals surface area contributed by atoms with E-state index in [0.717, 1.165) is 0 Å². The summed E-state index contributed by atoms with van der Waals surface area (Å²) in [4.78, 5) is 0. The molecule has 0 nitrogen and oxygen atoms in total. The summed E-state index contributed by atoms with van der Waals surface area (Å²) in [6.07, 6.45) is 0. The fourth-order valence-electron chi connectivity index (χ4n) is 0. The molecular weight excluding hydrogens is 480 g/mol. The SMILES string of the molecule is [F-].[F-].[F-].[F-].[F-].[F-].[F-].[Ho+3].[Li+].[Lu+3]. The molecule has 0 heterocycles. The zero-order valence-electron chi connectivity index (χ0n) is 4.21. The predicted molar refractivity (Wildman–Crippen MR) is 0 cm³/mol. The standard InChI is InChI=1S/7FH.Ho.Li.Lu/h7*1H;;;/q;;;;;;;+3;+1;+3/p-7. The van der Waals surface area contributed by atoms with Crippen molar-refractivity contribution in [3.05, 3.63) is 0 Å². The Balaban J connectivity index is 0. The molecule has 0 amide bonds. The van der Waals surface area contributed by atoms with Crippen molar-refractivity contribution >= 4 is 0 Å². The van der Waals surface area contributed by atoms with Gasteiger partial charge in [-0.2, -0.15) is 0 Å². The van der Waals surface area contributed by atoms with Gasteiger partial charge in [-0.25, -0.2) is 0 Å². The molecule has 0 aliphatic carbocycles. The van der Waals surface area contributed by atoms with Gasteiger partial charge >= 0.3 is 93.5 Å². The van der Waals surface area contributed by atoms with Gasteiger partial charge in [-0.1, -0.05) is 0 Å². The third-order valence-electron chi connectivity index (χ3n) is 0. The Hall–Kier alpha value is 2.60. The Kier molecular flexibility index (Phi) is 4830. The van der Waals surface area contributed by atoms with Crippen molar-refractivity contribution < 1.29 is 126 Å². The molecule has 10 heavy (non-hydrogen) atoms. The molecular formula is F7HoLiLu. The average Bonchev–Trinajstić information content (AvgIpc) is 0. The van der Waals surface area contributed by atoms with Crippen LogP contribution >= 0.6 is 0 Å². The van der Waals surface area contributed by atoms with E-state index in [1.54, 1.807) is 0 Å². The van der Waals surface area contributed by atoms with Gasteiger partial charge in [0.15, 0.2) is 0 Å². The van der Waals surface area contributed by atoms with Crippen molar-refractivity contribution in [1.82, 2.24) is 0 Å². The Labute approximate surface area is 124 Å². The second-order valence-electron chi connectivity index (χ2n) is 0. The molecule has 76 valence electrons. The maximum absolute atomic E-state index is 0. The van der Waals surface area contributed by atoms with E-state index in [9.17, 15) is 0 Å². The van der Waals surface area contributed by atoms with Gasteiger partial charge in [0.2, 0.25) is 0 Å². The molecule has 0 aromatic heterocycles. The minimum Gasteiger partial charge on any atom is -1.00 e. The van der Waals surface area contributed by atoms with Crippen LogP contribution in [-0.2, 0) is 0 Å². The molecule has 10 heteroatoms. The molecule has 0 aliphatic heterocycles. The summed E-state index contributed by atoms with van der Waals surface area (Å²) in [5, 5.41) is 0. The van der Waals surface area contributed by atoms with Gasteiger partial charge in [0.1, 0.15) is 0 Å². The van der Waals surface area contributed by atoms with Crippen molar-refractivity contribution in [3.63, 3.8) is 0 Å². The molecule has 0 spiro atoms. The van der Waals surface area contributed by atoms with Crippen molar-refractivity contribution in [1.29, 1.82) is 0 Å². The van der Waals surface area contributed by atoms with E-state index >= 15 is 0 Å². The molecule has 0 aromatic rings. The molecule has 0 fully saturated rings. The molecule has 0 aromatic carbocycles. The Morgan fingerprint density at radius 2 is 0.400 bits per heavy atom. The topological polar surface area (TPSA) is 0 Å². The third-order valence-corrected chi connectivity index (χ3v) is 0.